The zero-order chi connectivity index (χ0) is 19.5. The van der Waals surface area contributed by atoms with Crippen molar-refractivity contribution in [3.63, 3.8) is 0 Å². The minimum Gasteiger partial charge on any atom is -0.372 e. The molecule has 1 aromatic heterocycles. The molecule has 2 saturated heterocycles. The summed E-state index contributed by atoms with van der Waals surface area (Å²) in [4.78, 5) is 29.1. The average Bonchev–Trinajstić information content (AvgIpc) is 3.44. The van der Waals surface area contributed by atoms with Crippen LogP contribution in [0.25, 0.3) is 0 Å². The molecule has 0 spiro atoms. The van der Waals surface area contributed by atoms with Gasteiger partial charge in [0.15, 0.2) is 0 Å². The maximum atomic E-state index is 12.6. The van der Waals surface area contributed by atoms with Crippen molar-refractivity contribution in [2.45, 2.75) is 39.0 Å². The number of aryl methyl sites for hydroxylation is 1. The summed E-state index contributed by atoms with van der Waals surface area (Å²) in [5.74, 6) is -0.550. The van der Waals surface area contributed by atoms with Gasteiger partial charge < -0.3 is 15.1 Å². The van der Waals surface area contributed by atoms with Crippen molar-refractivity contribution >= 4 is 39.7 Å². The molecule has 1 atom stereocenters. The maximum absolute atomic E-state index is 12.6. The summed E-state index contributed by atoms with van der Waals surface area (Å²) >= 11 is 1.40. The second kappa shape index (κ2) is 8.26. The molecular formula is C20H25N5O2S. The van der Waals surface area contributed by atoms with E-state index in [0.717, 1.165) is 36.6 Å². The first kappa shape index (κ1) is 18.9. The lowest BCUT2D eigenvalue weighted by Gasteiger charge is -2.20. The monoisotopic (exact) mass is 399 g/mol. The van der Waals surface area contributed by atoms with E-state index in [0.29, 0.717) is 11.7 Å². The molecule has 8 heteroatoms. The van der Waals surface area contributed by atoms with E-state index in [-0.39, 0.29) is 24.2 Å². The summed E-state index contributed by atoms with van der Waals surface area (Å²) in [6.07, 6.45) is 4.54. The van der Waals surface area contributed by atoms with Crippen molar-refractivity contribution in [2.24, 2.45) is 5.92 Å². The fraction of sp³-hybridized carbons (Fsp3) is 0.500. The van der Waals surface area contributed by atoms with Crippen molar-refractivity contribution in [1.82, 2.24) is 10.2 Å². The molecular weight excluding hydrogens is 374 g/mol. The van der Waals surface area contributed by atoms with E-state index < -0.39 is 0 Å². The van der Waals surface area contributed by atoms with Crippen molar-refractivity contribution in [3.05, 3.63) is 29.3 Å². The third kappa shape index (κ3) is 4.01. The van der Waals surface area contributed by atoms with Crippen LogP contribution in [0.2, 0.25) is 0 Å². The number of nitrogens with zero attached hydrogens (tertiary/aromatic N) is 4. The van der Waals surface area contributed by atoms with Gasteiger partial charge in [0.2, 0.25) is 16.9 Å². The predicted octanol–water partition coefficient (Wildman–Crippen LogP) is 3.08. The summed E-state index contributed by atoms with van der Waals surface area (Å²) in [5, 5.41) is 12.3. The Kier molecular flexibility index (Phi) is 5.57. The van der Waals surface area contributed by atoms with Crippen LogP contribution in [0.1, 0.15) is 37.6 Å². The molecule has 0 bridgehead atoms. The highest BCUT2D eigenvalue weighted by molar-refractivity contribution is 7.15. The van der Waals surface area contributed by atoms with E-state index in [4.69, 9.17) is 0 Å². The van der Waals surface area contributed by atoms with Gasteiger partial charge in [-0.05, 0) is 43.5 Å². The standard InChI is InChI=1S/C20H25N5O2S/c1-2-5-17-22-23-20(28-17)21-19(27)14-12-18(26)25(13-14)16-8-6-15(7-9-16)24-10-3-4-11-24/h6-9,14H,2-5,10-13H2,1H3,(H,21,23,27). The normalized spacial score (nSPS) is 19.5. The minimum absolute atomic E-state index is 0.0157. The van der Waals surface area contributed by atoms with Gasteiger partial charge in [-0.1, -0.05) is 18.3 Å². The quantitative estimate of drug-likeness (QED) is 0.808. The number of nitrogens with one attached hydrogen (secondary N) is 1. The fourth-order valence-electron chi connectivity index (χ4n) is 3.78. The second-order valence-corrected chi connectivity index (χ2v) is 8.42. The molecule has 0 radical (unpaired) electrons. The van der Waals surface area contributed by atoms with E-state index in [1.807, 2.05) is 12.1 Å². The third-order valence-electron chi connectivity index (χ3n) is 5.29. The van der Waals surface area contributed by atoms with Gasteiger partial charge in [0, 0.05) is 43.9 Å². The molecule has 2 amide bonds. The van der Waals surface area contributed by atoms with E-state index >= 15 is 0 Å². The third-order valence-corrected chi connectivity index (χ3v) is 6.19. The Morgan fingerprint density at radius 3 is 2.61 bits per heavy atom. The van der Waals surface area contributed by atoms with Gasteiger partial charge >= 0.3 is 0 Å². The molecule has 2 fully saturated rings. The number of anilines is 3. The highest BCUT2D eigenvalue weighted by Gasteiger charge is 2.35. The number of rotatable bonds is 6. The van der Waals surface area contributed by atoms with Gasteiger partial charge in [-0.2, -0.15) is 0 Å². The van der Waals surface area contributed by atoms with Gasteiger partial charge in [0.05, 0.1) is 5.92 Å². The summed E-state index contributed by atoms with van der Waals surface area (Å²) in [6.45, 7) is 4.66. The number of benzene rings is 1. The first-order valence-corrected chi connectivity index (χ1v) is 10.7. The SMILES string of the molecule is CCCc1nnc(NC(=O)C2CC(=O)N(c3ccc(N4CCCC4)cc3)C2)s1. The van der Waals surface area contributed by atoms with Crippen LogP contribution in [-0.4, -0.2) is 41.6 Å². The first-order valence-electron chi connectivity index (χ1n) is 9.92. The zero-order valence-electron chi connectivity index (χ0n) is 16.1. The van der Waals surface area contributed by atoms with Crippen LogP contribution in [0.5, 0.6) is 0 Å². The lowest BCUT2D eigenvalue weighted by molar-refractivity contribution is -0.122. The average molecular weight is 400 g/mol. The Morgan fingerprint density at radius 2 is 1.89 bits per heavy atom. The number of hydrogen-bond acceptors (Lipinski definition) is 6. The van der Waals surface area contributed by atoms with Crippen LogP contribution < -0.4 is 15.1 Å². The van der Waals surface area contributed by atoms with Crippen molar-refractivity contribution in [2.75, 3.05) is 34.8 Å². The fourth-order valence-corrected chi connectivity index (χ4v) is 4.62. The van der Waals surface area contributed by atoms with Gasteiger partial charge in [-0.25, -0.2) is 0 Å². The number of amides is 2. The Balaban J connectivity index is 1.38. The van der Waals surface area contributed by atoms with Crippen molar-refractivity contribution in [1.29, 1.82) is 0 Å². The molecule has 0 saturated carbocycles. The lowest BCUT2D eigenvalue weighted by atomic mass is 10.1. The van der Waals surface area contributed by atoms with Crippen LogP contribution in [0.4, 0.5) is 16.5 Å². The summed E-state index contributed by atoms with van der Waals surface area (Å²) in [5.41, 5.74) is 2.05. The topological polar surface area (TPSA) is 78.4 Å². The van der Waals surface area contributed by atoms with Crippen LogP contribution >= 0.6 is 11.3 Å². The Bertz CT molecular complexity index is 845. The van der Waals surface area contributed by atoms with Crippen LogP contribution in [0.3, 0.4) is 0 Å². The van der Waals surface area contributed by atoms with Gasteiger partial charge in [0.1, 0.15) is 5.01 Å². The van der Waals surface area contributed by atoms with Crippen LogP contribution in [0, 0.1) is 5.92 Å². The Morgan fingerprint density at radius 1 is 1.18 bits per heavy atom. The molecule has 3 heterocycles. The van der Waals surface area contributed by atoms with E-state index in [1.54, 1.807) is 4.90 Å². The highest BCUT2D eigenvalue weighted by atomic mass is 32.1. The van der Waals surface area contributed by atoms with E-state index in [1.165, 1.54) is 29.9 Å². The summed E-state index contributed by atoms with van der Waals surface area (Å²) < 4.78 is 0. The van der Waals surface area contributed by atoms with Crippen LogP contribution in [-0.2, 0) is 16.0 Å². The molecule has 1 N–H and O–H groups in total. The zero-order valence-corrected chi connectivity index (χ0v) is 16.9. The summed E-state index contributed by atoms with van der Waals surface area (Å²) in [7, 11) is 0. The number of carbonyl (C=O) groups is 2. The van der Waals surface area contributed by atoms with Gasteiger partial charge in [-0.3, -0.25) is 9.59 Å². The lowest BCUT2D eigenvalue weighted by Crippen LogP contribution is -2.28. The van der Waals surface area contributed by atoms with Gasteiger partial charge in [0.25, 0.3) is 0 Å². The highest BCUT2D eigenvalue weighted by Crippen LogP contribution is 2.29. The number of aromatic nitrogens is 2. The number of carbonyl (C=O) groups excluding carboxylic acids is 2. The van der Waals surface area contributed by atoms with Crippen molar-refractivity contribution < 1.29 is 9.59 Å². The molecule has 1 aromatic carbocycles. The van der Waals surface area contributed by atoms with E-state index in [9.17, 15) is 9.59 Å². The molecule has 28 heavy (non-hydrogen) atoms. The molecule has 2 aliphatic heterocycles. The molecule has 7 nitrogen and oxygen atoms in total. The second-order valence-electron chi connectivity index (χ2n) is 7.36. The molecule has 0 aliphatic carbocycles. The predicted molar refractivity (Wildman–Crippen MR) is 111 cm³/mol. The number of hydrogen-bond donors (Lipinski definition) is 1. The molecule has 2 aliphatic rings. The molecule has 148 valence electrons. The van der Waals surface area contributed by atoms with Gasteiger partial charge in [-0.15, -0.1) is 10.2 Å². The maximum Gasteiger partial charge on any atom is 0.231 e. The molecule has 1 unspecified atom stereocenters. The smallest absolute Gasteiger partial charge is 0.231 e. The molecule has 2 aromatic rings. The summed E-state index contributed by atoms with van der Waals surface area (Å²) in [6, 6.07) is 8.09. The van der Waals surface area contributed by atoms with E-state index in [2.05, 4.69) is 39.5 Å². The molecule has 4 rings (SSSR count). The minimum atomic E-state index is -0.371. The first-order chi connectivity index (χ1) is 13.6. The Labute approximate surface area is 168 Å². The largest absolute Gasteiger partial charge is 0.372 e. The van der Waals surface area contributed by atoms with Crippen LogP contribution in [0.15, 0.2) is 24.3 Å². The van der Waals surface area contributed by atoms with Crippen molar-refractivity contribution in [3.8, 4) is 0 Å². The Hall–Kier alpha value is -2.48.